The summed E-state index contributed by atoms with van der Waals surface area (Å²) >= 11 is 0.926. The summed E-state index contributed by atoms with van der Waals surface area (Å²) in [5.74, 6) is 0.434. The number of likely N-dealkylation sites (tertiary alicyclic amines) is 1. The van der Waals surface area contributed by atoms with E-state index in [0.717, 1.165) is 16.7 Å². The summed E-state index contributed by atoms with van der Waals surface area (Å²) in [6.45, 7) is 2.28. The third-order valence-electron chi connectivity index (χ3n) is 3.80. The van der Waals surface area contributed by atoms with Gasteiger partial charge in [0, 0.05) is 44.0 Å². The number of rotatable bonds is 6. The molecule has 0 saturated carbocycles. The number of nitrogens with one attached hydrogen (secondary N) is 2. The van der Waals surface area contributed by atoms with E-state index in [1.54, 1.807) is 0 Å². The molecular weight excluding hydrogens is 523 g/mol. The van der Waals surface area contributed by atoms with E-state index in [1.165, 1.54) is 4.90 Å². The molecule has 5 nitrogen and oxygen atoms in total. The molecule has 2 N–H and O–H groups in total. The molecule has 1 unspecified atom stereocenters. The predicted octanol–water partition coefficient (Wildman–Crippen LogP) is 3.51. The van der Waals surface area contributed by atoms with E-state index in [4.69, 9.17) is 0 Å². The molecular formula is C15H22F6IN5S. The molecule has 0 aliphatic carbocycles. The summed E-state index contributed by atoms with van der Waals surface area (Å²) < 4.78 is 75.0. The molecule has 1 aromatic rings. The Balaban J connectivity index is 0.00000392. The highest BCUT2D eigenvalue weighted by Gasteiger charge is 2.35. The molecule has 1 aromatic heterocycles. The standard InChI is InChI=1S/C15H21F6N5S.HI/c1-2-22-13(24-10-4-6-26(7-10)9-14(16,17)18)23-5-3-12-25-11(8-27-12)15(19,20)21;/h8,10H,2-7,9H2,1H3,(H2,22,23,24);1H. The Labute approximate surface area is 180 Å². The van der Waals surface area contributed by atoms with Crippen LogP contribution in [0.25, 0.3) is 0 Å². The quantitative estimate of drug-likeness (QED) is 0.249. The first kappa shape index (κ1) is 25.2. The Hall–Kier alpha value is -0.830. The monoisotopic (exact) mass is 545 g/mol. The lowest BCUT2D eigenvalue weighted by molar-refractivity contribution is -0.143. The van der Waals surface area contributed by atoms with Crippen LogP contribution in [0.15, 0.2) is 10.4 Å². The average Bonchev–Trinajstić information content (AvgIpc) is 3.15. The van der Waals surface area contributed by atoms with E-state index in [-0.39, 0.29) is 49.5 Å². The van der Waals surface area contributed by atoms with Gasteiger partial charge in [-0.3, -0.25) is 9.89 Å². The Bertz CT molecular complexity index is 633. The van der Waals surface area contributed by atoms with Gasteiger partial charge in [-0.1, -0.05) is 0 Å². The molecule has 1 atom stereocenters. The first-order valence-electron chi connectivity index (χ1n) is 8.42. The van der Waals surface area contributed by atoms with Crippen LogP contribution in [-0.2, 0) is 12.6 Å². The number of halogens is 7. The Morgan fingerprint density at radius 2 is 2.04 bits per heavy atom. The third-order valence-corrected chi connectivity index (χ3v) is 4.71. The second kappa shape index (κ2) is 10.8. The van der Waals surface area contributed by atoms with Gasteiger partial charge in [-0.15, -0.1) is 35.3 Å². The van der Waals surface area contributed by atoms with Crippen LogP contribution in [0.3, 0.4) is 0 Å². The predicted molar refractivity (Wildman–Crippen MR) is 106 cm³/mol. The van der Waals surface area contributed by atoms with Crippen molar-refractivity contribution in [1.29, 1.82) is 0 Å². The number of thiazole rings is 1. The zero-order chi connectivity index (χ0) is 20.1. The van der Waals surface area contributed by atoms with Gasteiger partial charge in [-0.05, 0) is 13.3 Å². The molecule has 28 heavy (non-hydrogen) atoms. The molecule has 13 heteroatoms. The van der Waals surface area contributed by atoms with Crippen LogP contribution in [0.2, 0.25) is 0 Å². The summed E-state index contributed by atoms with van der Waals surface area (Å²) in [5, 5.41) is 7.37. The van der Waals surface area contributed by atoms with E-state index in [1.807, 2.05) is 6.92 Å². The second-order valence-corrected chi connectivity index (χ2v) is 7.06. The zero-order valence-corrected chi connectivity index (χ0v) is 18.2. The van der Waals surface area contributed by atoms with Crippen LogP contribution in [0.4, 0.5) is 26.3 Å². The van der Waals surface area contributed by atoms with E-state index in [9.17, 15) is 26.3 Å². The van der Waals surface area contributed by atoms with Crippen LogP contribution in [0.5, 0.6) is 0 Å². The average molecular weight is 545 g/mol. The van der Waals surface area contributed by atoms with Crippen molar-refractivity contribution in [3.8, 4) is 0 Å². The molecule has 0 spiro atoms. The van der Waals surface area contributed by atoms with Gasteiger partial charge >= 0.3 is 12.4 Å². The fourth-order valence-corrected chi connectivity index (χ4v) is 3.47. The van der Waals surface area contributed by atoms with Gasteiger partial charge in [-0.25, -0.2) is 4.98 Å². The maximum absolute atomic E-state index is 12.5. The van der Waals surface area contributed by atoms with Gasteiger partial charge in [-0.2, -0.15) is 26.3 Å². The van der Waals surface area contributed by atoms with Crippen molar-refractivity contribution in [2.24, 2.45) is 4.99 Å². The van der Waals surface area contributed by atoms with E-state index >= 15 is 0 Å². The minimum Gasteiger partial charge on any atom is -0.357 e. The summed E-state index contributed by atoms with van der Waals surface area (Å²) in [4.78, 5) is 9.15. The zero-order valence-electron chi connectivity index (χ0n) is 15.0. The highest BCUT2D eigenvalue weighted by Crippen LogP contribution is 2.30. The lowest BCUT2D eigenvalue weighted by Gasteiger charge is -2.19. The van der Waals surface area contributed by atoms with Crippen molar-refractivity contribution in [1.82, 2.24) is 20.5 Å². The second-order valence-electron chi connectivity index (χ2n) is 6.12. The molecule has 162 valence electrons. The summed E-state index contributed by atoms with van der Waals surface area (Å²) in [7, 11) is 0. The van der Waals surface area contributed by atoms with Gasteiger partial charge in [0.1, 0.15) is 0 Å². The van der Waals surface area contributed by atoms with Crippen molar-refractivity contribution in [3.63, 3.8) is 0 Å². The van der Waals surface area contributed by atoms with Crippen LogP contribution < -0.4 is 10.6 Å². The lowest BCUT2D eigenvalue weighted by atomic mass is 10.3. The van der Waals surface area contributed by atoms with Gasteiger partial charge in [0.15, 0.2) is 11.7 Å². The number of alkyl halides is 6. The Morgan fingerprint density at radius 1 is 1.32 bits per heavy atom. The van der Waals surface area contributed by atoms with E-state index in [2.05, 4.69) is 20.6 Å². The number of hydrogen-bond acceptors (Lipinski definition) is 4. The van der Waals surface area contributed by atoms with Crippen LogP contribution in [0, 0.1) is 0 Å². The molecule has 2 rings (SSSR count). The van der Waals surface area contributed by atoms with Gasteiger partial charge < -0.3 is 10.6 Å². The van der Waals surface area contributed by atoms with Gasteiger partial charge in [0.05, 0.1) is 11.6 Å². The first-order valence-corrected chi connectivity index (χ1v) is 9.30. The molecule has 1 aliphatic heterocycles. The lowest BCUT2D eigenvalue weighted by Crippen LogP contribution is -2.45. The maximum atomic E-state index is 12.5. The van der Waals surface area contributed by atoms with Crippen molar-refractivity contribution < 1.29 is 26.3 Å². The van der Waals surface area contributed by atoms with Crippen molar-refractivity contribution in [2.45, 2.75) is 38.2 Å². The molecule has 0 radical (unpaired) electrons. The fourth-order valence-electron chi connectivity index (χ4n) is 2.68. The molecule has 2 heterocycles. The van der Waals surface area contributed by atoms with Gasteiger partial charge in [0.25, 0.3) is 0 Å². The SMILES string of the molecule is CCNC(=NCCc1nc(C(F)(F)F)cs1)NC1CCN(CC(F)(F)F)C1.I. The number of aliphatic imine (C=N–C) groups is 1. The molecule has 0 aromatic carbocycles. The van der Waals surface area contributed by atoms with Crippen LogP contribution >= 0.6 is 35.3 Å². The first-order chi connectivity index (χ1) is 12.6. The summed E-state index contributed by atoms with van der Waals surface area (Å²) in [6.07, 6.45) is -7.88. The Morgan fingerprint density at radius 3 is 2.61 bits per heavy atom. The number of guanidine groups is 1. The number of aromatic nitrogens is 1. The normalized spacial score (nSPS) is 18.8. The molecule has 1 saturated heterocycles. The molecule has 1 fully saturated rings. The third kappa shape index (κ3) is 8.68. The highest BCUT2D eigenvalue weighted by molar-refractivity contribution is 14.0. The minimum atomic E-state index is -4.46. The van der Waals surface area contributed by atoms with E-state index in [0.29, 0.717) is 30.5 Å². The minimum absolute atomic E-state index is 0. The fraction of sp³-hybridized carbons (Fsp3) is 0.733. The van der Waals surface area contributed by atoms with Crippen molar-refractivity contribution in [2.75, 3.05) is 32.7 Å². The van der Waals surface area contributed by atoms with E-state index < -0.39 is 24.6 Å². The van der Waals surface area contributed by atoms with Crippen molar-refractivity contribution in [3.05, 3.63) is 16.1 Å². The number of nitrogens with zero attached hydrogens (tertiary/aromatic N) is 3. The van der Waals surface area contributed by atoms with Gasteiger partial charge in [0.2, 0.25) is 0 Å². The topological polar surface area (TPSA) is 52.6 Å². The van der Waals surface area contributed by atoms with Crippen LogP contribution in [0.1, 0.15) is 24.0 Å². The number of hydrogen-bond donors (Lipinski definition) is 2. The largest absolute Gasteiger partial charge is 0.434 e. The Kier molecular flexibility index (Phi) is 9.73. The maximum Gasteiger partial charge on any atom is 0.434 e. The smallest absolute Gasteiger partial charge is 0.357 e. The summed E-state index contributed by atoms with van der Waals surface area (Å²) in [6, 6.07) is -0.165. The molecule has 0 bridgehead atoms. The van der Waals surface area contributed by atoms with Crippen LogP contribution in [-0.4, -0.2) is 60.8 Å². The summed E-state index contributed by atoms with van der Waals surface area (Å²) in [5.41, 5.74) is -0.910. The molecule has 0 amide bonds. The van der Waals surface area contributed by atoms with Crippen molar-refractivity contribution >= 4 is 41.3 Å². The highest BCUT2D eigenvalue weighted by atomic mass is 127. The molecule has 1 aliphatic rings.